The van der Waals surface area contributed by atoms with Gasteiger partial charge in [-0.25, -0.2) is 4.79 Å². The molecule has 172 valence electrons. The van der Waals surface area contributed by atoms with Crippen LogP contribution in [0.5, 0.6) is 0 Å². The van der Waals surface area contributed by atoms with Gasteiger partial charge >= 0.3 is 5.97 Å². The molecule has 34 heavy (non-hydrogen) atoms. The highest BCUT2D eigenvalue weighted by molar-refractivity contribution is 6.22. The Balaban J connectivity index is 1.14. The molecular weight excluding hydrogens is 430 g/mol. The number of hydrogen-bond acceptors (Lipinski definition) is 5. The number of allylic oxidation sites excluding steroid dienone is 2. The Bertz CT molecular complexity index is 1240. The number of imide groups is 1. The normalized spacial score (nSPS) is 30.2. The lowest BCUT2D eigenvalue weighted by Crippen LogP contribution is -2.40. The number of ketones is 1. The quantitative estimate of drug-likeness (QED) is 0.296. The van der Waals surface area contributed by atoms with Crippen molar-refractivity contribution in [2.24, 2.45) is 35.5 Å². The molecule has 7 rings (SSSR count). The molecule has 6 nitrogen and oxygen atoms in total. The Kier molecular flexibility index (Phi) is 4.63. The average molecular weight is 456 g/mol. The first-order valence-corrected chi connectivity index (χ1v) is 11.8. The Labute approximate surface area is 197 Å². The highest BCUT2D eigenvalue weighted by Crippen LogP contribution is 2.65. The maximum absolute atomic E-state index is 13.2. The average Bonchev–Trinajstić information content (AvgIpc) is 3.62. The van der Waals surface area contributed by atoms with Crippen LogP contribution in [0.4, 0.5) is 5.69 Å². The van der Waals surface area contributed by atoms with Crippen LogP contribution in [-0.2, 0) is 14.3 Å². The van der Waals surface area contributed by atoms with E-state index in [1.54, 1.807) is 18.2 Å². The van der Waals surface area contributed by atoms with Crippen LogP contribution in [0.1, 0.15) is 38.3 Å². The van der Waals surface area contributed by atoms with E-state index >= 15 is 0 Å². The van der Waals surface area contributed by atoms with Crippen LogP contribution in [0.3, 0.4) is 0 Å². The number of nitrogens with zero attached hydrogens (tertiary/aromatic N) is 1. The Morgan fingerprint density at radius 1 is 0.912 bits per heavy atom. The van der Waals surface area contributed by atoms with E-state index in [1.165, 1.54) is 17.0 Å². The van der Waals surface area contributed by atoms with Gasteiger partial charge in [-0.15, -0.1) is 0 Å². The summed E-state index contributed by atoms with van der Waals surface area (Å²) in [5.41, 5.74) is 3.06. The fourth-order valence-electron chi connectivity index (χ4n) is 6.29. The number of benzene rings is 2. The Morgan fingerprint density at radius 3 is 2.15 bits per heavy atom. The van der Waals surface area contributed by atoms with Crippen LogP contribution in [0, 0.1) is 49.4 Å². The molecule has 0 spiro atoms. The largest absolute Gasteiger partial charge is 0.454 e. The van der Waals surface area contributed by atoms with Gasteiger partial charge in [-0.3, -0.25) is 19.3 Å². The summed E-state index contributed by atoms with van der Waals surface area (Å²) in [5.74, 6) is -0.214. The molecule has 6 atom stereocenters. The van der Waals surface area contributed by atoms with Crippen LogP contribution in [0.2, 0.25) is 0 Å². The van der Waals surface area contributed by atoms with Gasteiger partial charge in [0, 0.05) is 5.56 Å². The maximum atomic E-state index is 13.2. The van der Waals surface area contributed by atoms with Gasteiger partial charge in [0.25, 0.3) is 0 Å². The molecule has 2 bridgehead atoms. The zero-order valence-electron chi connectivity index (χ0n) is 19.1. The van der Waals surface area contributed by atoms with Gasteiger partial charge in [-0.05, 0) is 79.8 Å². The van der Waals surface area contributed by atoms with Crippen LogP contribution in [-0.4, -0.2) is 30.2 Å². The van der Waals surface area contributed by atoms with E-state index in [4.69, 9.17) is 4.74 Å². The van der Waals surface area contributed by atoms with E-state index < -0.39 is 5.97 Å². The number of carbonyl (C=O) groups is 4. The summed E-state index contributed by atoms with van der Waals surface area (Å²) >= 11 is 0. The molecule has 1 aliphatic heterocycles. The lowest BCUT2D eigenvalue weighted by Gasteiger charge is -2.37. The second-order valence-electron chi connectivity index (χ2n) is 10.0. The number of anilines is 1. The molecule has 5 aliphatic rings. The SMILES string of the molecule is Cc1ccc(C)c(C(=O)COC(=O)c2ccc(N3C(=O)[C@H]4[C@@H]5C=C[C@@H]([C@H]6C[C@H]56)[C@@H]4C3=O)cc2)c1. The zero-order valence-corrected chi connectivity index (χ0v) is 19.1. The minimum Gasteiger partial charge on any atom is -0.454 e. The number of amides is 2. The minimum absolute atomic E-state index is 0.130. The van der Waals surface area contributed by atoms with Crippen molar-refractivity contribution in [2.75, 3.05) is 11.5 Å². The number of aryl methyl sites for hydroxylation is 2. The van der Waals surface area contributed by atoms with Gasteiger partial charge in [0.05, 0.1) is 23.1 Å². The number of esters is 1. The summed E-state index contributed by atoms with van der Waals surface area (Å²) in [5, 5.41) is 0. The second-order valence-corrected chi connectivity index (χ2v) is 10.0. The van der Waals surface area contributed by atoms with E-state index in [0.717, 1.165) is 17.5 Å². The topological polar surface area (TPSA) is 80.8 Å². The summed E-state index contributed by atoms with van der Waals surface area (Å²) in [4.78, 5) is 52.8. The van der Waals surface area contributed by atoms with Gasteiger partial charge in [-0.1, -0.05) is 29.8 Å². The molecular formula is C28H25NO5. The third-order valence-corrected chi connectivity index (χ3v) is 8.05. The van der Waals surface area contributed by atoms with E-state index in [-0.39, 0.29) is 53.4 Å². The van der Waals surface area contributed by atoms with Crippen molar-refractivity contribution < 1.29 is 23.9 Å². The van der Waals surface area contributed by atoms with Gasteiger partial charge in [0.2, 0.25) is 17.6 Å². The van der Waals surface area contributed by atoms with E-state index in [9.17, 15) is 19.2 Å². The van der Waals surface area contributed by atoms with Crippen molar-refractivity contribution >= 4 is 29.3 Å². The lowest BCUT2D eigenvalue weighted by atomic mass is 9.63. The summed E-state index contributed by atoms with van der Waals surface area (Å²) < 4.78 is 5.23. The smallest absolute Gasteiger partial charge is 0.338 e. The number of carbonyl (C=O) groups excluding carboxylic acids is 4. The number of rotatable bonds is 5. The van der Waals surface area contributed by atoms with Gasteiger partial charge in [-0.2, -0.15) is 0 Å². The second kappa shape index (κ2) is 7.49. The van der Waals surface area contributed by atoms with Crippen molar-refractivity contribution in [2.45, 2.75) is 20.3 Å². The van der Waals surface area contributed by atoms with Gasteiger partial charge in [0.1, 0.15) is 0 Å². The first-order chi connectivity index (χ1) is 16.3. The first kappa shape index (κ1) is 21.0. The Hall–Kier alpha value is -3.54. The van der Waals surface area contributed by atoms with E-state index in [2.05, 4.69) is 12.2 Å². The lowest BCUT2D eigenvalue weighted by molar-refractivity contribution is -0.124. The van der Waals surface area contributed by atoms with Gasteiger partial charge in [0.15, 0.2) is 6.61 Å². The summed E-state index contributed by atoms with van der Waals surface area (Å²) in [7, 11) is 0. The van der Waals surface area contributed by atoms with Crippen molar-refractivity contribution in [3.63, 3.8) is 0 Å². The number of Topliss-reactive ketones (excluding diaryl/α,β-unsaturated/α-hetero) is 1. The van der Waals surface area contributed by atoms with Crippen LogP contribution in [0.15, 0.2) is 54.6 Å². The standard InChI is InChI=1S/C28H25NO5/c1-14-3-4-15(2)20(11-14)23(30)13-34-28(33)16-5-7-17(8-6-16)29-26(31)24-18-9-10-19(22-12-21(18)22)25(24)27(29)32/h3-11,18-19,21-22,24-25H,12-13H2,1-2H3/t18-,19+,21-,22-,24+,25+/m1/s1. The van der Waals surface area contributed by atoms with Crippen molar-refractivity contribution in [1.29, 1.82) is 0 Å². The fourth-order valence-corrected chi connectivity index (χ4v) is 6.29. The minimum atomic E-state index is -0.625. The molecule has 2 aromatic carbocycles. The van der Waals surface area contributed by atoms with Crippen LogP contribution >= 0.6 is 0 Å². The van der Waals surface area contributed by atoms with E-state index in [0.29, 0.717) is 23.1 Å². The number of hydrogen-bond donors (Lipinski definition) is 0. The maximum Gasteiger partial charge on any atom is 0.338 e. The van der Waals surface area contributed by atoms with Crippen LogP contribution in [0.25, 0.3) is 0 Å². The molecule has 2 aromatic rings. The Morgan fingerprint density at radius 2 is 1.53 bits per heavy atom. The zero-order chi connectivity index (χ0) is 23.7. The summed E-state index contributed by atoms with van der Waals surface area (Å²) in [6.07, 6.45) is 5.42. The van der Waals surface area contributed by atoms with E-state index in [1.807, 2.05) is 26.0 Å². The fraction of sp³-hybridized carbons (Fsp3) is 0.357. The first-order valence-electron chi connectivity index (χ1n) is 11.8. The molecule has 0 N–H and O–H groups in total. The van der Waals surface area contributed by atoms with Gasteiger partial charge < -0.3 is 4.74 Å². The highest BCUT2D eigenvalue weighted by atomic mass is 16.5. The highest BCUT2D eigenvalue weighted by Gasteiger charge is 2.67. The van der Waals surface area contributed by atoms with Crippen molar-refractivity contribution in [3.8, 4) is 0 Å². The van der Waals surface area contributed by atoms with Crippen LogP contribution < -0.4 is 4.90 Å². The molecule has 2 saturated carbocycles. The predicted molar refractivity (Wildman–Crippen MR) is 124 cm³/mol. The van der Waals surface area contributed by atoms with Crippen molar-refractivity contribution in [3.05, 3.63) is 76.9 Å². The predicted octanol–water partition coefficient (Wildman–Crippen LogP) is 3.90. The molecule has 1 heterocycles. The molecule has 0 unspecified atom stereocenters. The third-order valence-electron chi connectivity index (χ3n) is 8.05. The molecule has 6 heteroatoms. The molecule has 2 amide bonds. The molecule has 4 aliphatic carbocycles. The van der Waals surface area contributed by atoms with Crippen molar-refractivity contribution in [1.82, 2.24) is 0 Å². The summed E-state index contributed by atoms with van der Waals surface area (Å²) in [6, 6.07) is 11.9. The monoisotopic (exact) mass is 455 g/mol. The molecule has 0 aromatic heterocycles. The third kappa shape index (κ3) is 3.08. The number of ether oxygens (including phenoxy) is 1. The molecule has 1 saturated heterocycles. The molecule has 3 fully saturated rings. The summed E-state index contributed by atoms with van der Waals surface area (Å²) in [6.45, 7) is 3.39. The molecule has 0 radical (unpaired) electrons.